The van der Waals surface area contributed by atoms with Crippen molar-refractivity contribution in [2.45, 2.75) is 12.0 Å². The molecule has 2 N–H and O–H groups in total. The lowest BCUT2D eigenvalue weighted by Gasteiger charge is -2.40. The number of carbonyl (C=O) groups excluding carboxylic acids is 1. The Morgan fingerprint density at radius 1 is 0.865 bits per heavy atom. The largest absolute Gasteiger partial charge is 0.502 e. The van der Waals surface area contributed by atoms with Crippen LogP contribution in [-0.4, -0.2) is 46.1 Å². The molecule has 2 aliphatic rings. The quantitative estimate of drug-likeness (QED) is 0.445. The van der Waals surface area contributed by atoms with Gasteiger partial charge in [0.15, 0.2) is 23.0 Å². The Labute approximate surface area is 213 Å². The molecule has 194 valence electrons. The van der Waals surface area contributed by atoms with Gasteiger partial charge in [-0.25, -0.2) is 4.39 Å². The van der Waals surface area contributed by atoms with Crippen LogP contribution in [0.1, 0.15) is 28.7 Å². The van der Waals surface area contributed by atoms with Crippen LogP contribution in [0.15, 0.2) is 48.5 Å². The minimum atomic E-state index is -0.553. The van der Waals surface area contributed by atoms with E-state index in [1.807, 2.05) is 12.1 Å². The number of fused-ring (bicyclic) bond motifs is 2. The van der Waals surface area contributed by atoms with Crippen LogP contribution in [0, 0.1) is 17.7 Å². The molecule has 0 saturated carbocycles. The first kappa shape index (κ1) is 24.5. The number of carbonyl (C=O) groups is 1. The van der Waals surface area contributed by atoms with Gasteiger partial charge in [-0.05, 0) is 65.2 Å². The van der Waals surface area contributed by atoms with Gasteiger partial charge in [-0.2, -0.15) is 0 Å². The number of phenolic OH excluding ortho intramolecular Hbond substituents is 1. The number of nitrogens with one attached hydrogen (secondary N) is 1. The van der Waals surface area contributed by atoms with Gasteiger partial charge in [-0.3, -0.25) is 4.79 Å². The van der Waals surface area contributed by atoms with Gasteiger partial charge in [-0.1, -0.05) is 0 Å². The van der Waals surface area contributed by atoms with Crippen LogP contribution in [0.25, 0.3) is 0 Å². The standard InChI is InChI=1S/C28H28FNO7/c1-33-20-11-17-18(12-21(20)34-2)26(30-16-7-5-15(29)6-8-16)19-13-37-28(32)25(19)24(17)14-9-22(35-3)27(31)23(10-14)36-4/h5-12,19,24-26,30-31H,13H2,1-4H3/t19?,24-,25-,26+/m0/s1. The van der Waals surface area contributed by atoms with E-state index in [4.69, 9.17) is 23.7 Å². The number of benzene rings is 3. The molecule has 1 unspecified atom stereocenters. The molecule has 1 saturated heterocycles. The summed E-state index contributed by atoms with van der Waals surface area (Å²) >= 11 is 0. The molecule has 9 heteroatoms. The van der Waals surface area contributed by atoms with E-state index >= 15 is 0 Å². The molecule has 0 amide bonds. The summed E-state index contributed by atoms with van der Waals surface area (Å²) in [5.74, 6) is -0.549. The average molecular weight is 510 g/mol. The average Bonchev–Trinajstić information content (AvgIpc) is 3.30. The van der Waals surface area contributed by atoms with E-state index in [2.05, 4.69) is 5.32 Å². The highest BCUT2D eigenvalue weighted by molar-refractivity contribution is 5.79. The highest BCUT2D eigenvalue weighted by Crippen LogP contribution is 2.55. The van der Waals surface area contributed by atoms with Gasteiger partial charge < -0.3 is 34.1 Å². The number of aromatic hydroxyl groups is 1. The summed E-state index contributed by atoms with van der Waals surface area (Å²) in [5.41, 5.74) is 3.13. The van der Waals surface area contributed by atoms with Crippen LogP contribution < -0.4 is 24.3 Å². The first-order chi connectivity index (χ1) is 17.9. The Kier molecular flexibility index (Phi) is 6.45. The van der Waals surface area contributed by atoms with Crippen LogP contribution >= 0.6 is 0 Å². The third kappa shape index (κ3) is 4.14. The van der Waals surface area contributed by atoms with Gasteiger partial charge >= 0.3 is 5.97 Å². The fraction of sp³-hybridized carbons (Fsp3) is 0.321. The van der Waals surface area contributed by atoms with Crippen molar-refractivity contribution in [3.8, 4) is 28.7 Å². The number of halogens is 1. The third-order valence-corrected chi connectivity index (χ3v) is 7.23. The molecule has 4 atom stereocenters. The summed E-state index contributed by atoms with van der Waals surface area (Å²) in [4.78, 5) is 13.2. The van der Waals surface area contributed by atoms with E-state index in [0.29, 0.717) is 22.7 Å². The number of esters is 1. The lowest BCUT2D eigenvalue weighted by atomic mass is 9.65. The topological polar surface area (TPSA) is 95.5 Å². The fourth-order valence-electron chi connectivity index (χ4n) is 5.50. The summed E-state index contributed by atoms with van der Waals surface area (Å²) in [6.07, 6.45) is 0. The first-order valence-electron chi connectivity index (χ1n) is 11.8. The number of hydrogen-bond acceptors (Lipinski definition) is 8. The summed E-state index contributed by atoms with van der Waals surface area (Å²) in [5, 5.41) is 14.0. The Balaban J connectivity index is 1.73. The molecule has 0 bridgehead atoms. The molecular weight excluding hydrogens is 481 g/mol. The molecule has 5 rings (SSSR count). The lowest BCUT2D eigenvalue weighted by molar-refractivity contribution is -0.141. The van der Waals surface area contributed by atoms with Crippen molar-refractivity contribution < 1.29 is 38.0 Å². The van der Waals surface area contributed by atoms with Gasteiger partial charge in [0.1, 0.15) is 5.82 Å². The maximum absolute atomic E-state index is 13.6. The molecule has 3 aromatic rings. The van der Waals surface area contributed by atoms with Crippen LogP contribution in [0.4, 0.5) is 10.1 Å². The van der Waals surface area contributed by atoms with Gasteiger partial charge in [0.25, 0.3) is 0 Å². The van der Waals surface area contributed by atoms with Crippen molar-refractivity contribution in [3.05, 3.63) is 71.0 Å². The maximum atomic E-state index is 13.6. The molecule has 1 aliphatic heterocycles. The Morgan fingerprint density at radius 2 is 1.43 bits per heavy atom. The molecule has 1 heterocycles. The summed E-state index contributed by atoms with van der Waals surface area (Å²) in [6, 6.07) is 12.9. The van der Waals surface area contributed by atoms with E-state index < -0.39 is 11.8 Å². The van der Waals surface area contributed by atoms with Crippen molar-refractivity contribution in [2.75, 3.05) is 40.4 Å². The molecule has 1 aliphatic carbocycles. The number of phenols is 1. The first-order valence-corrected chi connectivity index (χ1v) is 11.8. The number of methoxy groups -OCH3 is 4. The second kappa shape index (κ2) is 9.72. The molecule has 37 heavy (non-hydrogen) atoms. The normalized spacial score (nSPS) is 21.9. The summed E-state index contributed by atoms with van der Waals surface area (Å²) in [7, 11) is 6.02. The summed E-state index contributed by atoms with van der Waals surface area (Å²) < 4.78 is 41.2. The zero-order valence-electron chi connectivity index (χ0n) is 20.9. The van der Waals surface area contributed by atoms with Crippen LogP contribution in [0.3, 0.4) is 0 Å². The minimum Gasteiger partial charge on any atom is -0.502 e. The molecule has 0 radical (unpaired) electrons. The Morgan fingerprint density at radius 3 is 2.00 bits per heavy atom. The van der Waals surface area contributed by atoms with Crippen molar-refractivity contribution in [2.24, 2.45) is 11.8 Å². The van der Waals surface area contributed by atoms with E-state index in [1.54, 1.807) is 38.5 Å². The molecule has 0 aromatic heterocycles. The van der Waals surface area contributed by atoms with Crippen molar-refractivity contribution in [3.63, 3.8) is 0 Å². The number of hydrogen-bond donors (Lipinski definition) is 2. The number of rotatable bonds is 7. The second-order valence-electron chi connectivity index (χ2n) is 9.04. The van der Waals surface area contributed by atoms with Crippen LogP contribution in [-0.2, 0) is 9.53 Å². The molecule has 8 nitrogen and oxygen atoms in total. The smallest absolute Gasteiger partial charge is 0.310 e. The van der Waals surface area contributed by atoms with E-state index in [-0.39, 0.29) is 47.6 Å². The highest BCUT2D eigenvalue weighted by Gasteiger charge is 2.52. The van der Waals surface area contributed by atoms with E-state index in [9.17, 15) is 14.3 Å². The predicted octanol–water partition coefficient (Wildman–Crippen LogP) is 4.65. The maximum Gasteiger partial charge on any atom is 0.310 e. The Hall–Kier alpha value is -4.14. The minimum absolute atomic E-state index is 0.126. The lowest BCUT2D eigenvalue weighted by Crippen LogP contribution is -2.37. The van der Waals surface area contributed by atoms with E-state index in [0.717, 1.165) is 11.1 Å². The van der Waals surface area contributed by atoms with Crippen LogP contribution in [0.5, 0.6) is 28.7 Å². The number of anilines is 1. The van der Waals surface area contributed by atoms with Gasteiger partial charge in [0, 0.05) is 17.5 Å². The number of ether oxygens (including phenoxy) is 5. The SMILES string of the molecule is COc1cc2c(cc1OC)[C@@H](Nc1ccc(F)cc1)C1COC(=O)[C@@H]1[C@H]2c1cc(OC)c(O)c(OC)c1. The van der Waals surface area contributed by atoms with Crippen molar-refractivity contribution in [1.29, 1.82) is 0 Å². The number of cyclic esters (lactones) is 1. The molecule has 0 spiro atoms. The predicted molar refractivity (Wildman–Crippen MR) is 133 cm³/mol. The van der Waals surface area contributed by atoms with Gasteiger partial charge in [0.05, 0.1) is 47.0 Å². The monoisotopic (exact) mass is 509 g/mol. The Bertz CT molecular complexity index is 1300. The second-order valence-corrected chi connectivity index (χ2v) is 9.04. The molecule has 3 aromatic carbocycles. The fourth-order valence-corrected chi connectivity index (χ4v) is 5.50. The van der Waals surface area contributed by atoms with Crippen molar-refractivity contribution in [1.82, 2.24) is 0 Å². The van der Waals surface area contributed by atoms with Crippen LogP contribution in [0.2, 0.25) is 0 Å². The van der Waals surface area contributed by atoms with Gasteiger partial charge in [-0.15, -0.1) is 0 Å². The van der Waals surface area contributed by atoms with E-state index in [1.165, 1.54) is 26.4 Å². The highest BCUT2D eigenvalue weighted by atomic mass is 19.1. The zero-order valence-corrected chi connectivity index (χ0v) is 20.9. The molecular formula is C28H28FNO7. The van der Waals surface area contributed by atoms with Gasteiger partial charge in [0.2, 0.25) is 5.75 Å². The zero-order chi connectivity index (χ0) is 26.3. The summed E-state index contributed by atoms with van der Waals surface area (Å²) in [6.45, 7) is 0.207. The van der Waals surface area contributed by atoms with Crippen molar-refractivity contribution >= 4 is 11.7 Å². The molecule has 1 fully saturated rings. The third-order valence-electron chi connectivity index (χ3n) is 7.23.